The van der Waals surface area contributed by atoms with E-state index in [4.69, 9.17) is 9.47 Å². The number of hydrogen-bond acceptors (Lipinski definition) is 3. The first-order chi connectivity index (χ1) is 9.87. The van der Waals surface area contributed by atoms with Gasteiger partial charge in [-0.25, -0.2) is 4.98 Å². The number of benzene rings is 1. The Hall–Kier alpha value is -1.77. The van der Waals surface area contributed by atoms with Crippen LogP contribution in [0.3, 0.4) is 0 Å². The van der Waals surface area contributed by atoms with Gasteiger partial charge in [-0.2, -0.15) is 0 Å². The summed E-state index contributed by atoms with van der Waals surface area (Å²) in [6, 6.07) is 4.24. The van der Waals surface area contributed by atoms with Gasteiger partial charge in [0.25, 0.3) is 0 Å². The van der Waals surface area contributed by atoms with Crippen molar-refractivity contribution in [3.63, 3.8) is 0 Å². The topological polar surface area (TPSA) is 31.4 Å². The van der Waals surface area contributed by atoms with Crippen LogP contribution in [-0.2, 0) is 0 Å². The van der Waals surface area contributed by atoms with Crippen LogP contribution >= 0.6 is 0 Å². The maximum Gasteiger partial charge on any atom is 0.188 e. The van der Waals surface area contributed by atoms with E-state index in [-0.39, 0.29) is 5.60 Å². The second-order valence-electron chi connectivity index (χ2n) is 5.98. The van der Waals surface area contributed by atoms with E-state index < -0.39 is 0 Å². The fourth-order valence-corrected chi connectivity index (χ4v) is 2.60. The van der Waals surface area contributed by atoms with Crippen LogP contribution in [0.4, 0.5) is 0 Å². The molecule has 3 nitrogen and oxygen atoms in total. The van der Waals surface area contributed by atoms with Crippen molar-refractivity contribution in [1.82, 2.24) is 4.98 Å². The van der Waals surface area contributed by atoms with E-state index >= 15 is 0 Å². The summed E-state index contributed by atoms with van der Waals surface area (Å²) in [7, 11) is 0. The quantitative estimate of drug-likeness (QED) is 0.701. The fourth-order valence-electron chi connectivity index (χ4n) is 2.60. The lowest BCUT2D eigenvalue weighted by molar-refractivity contribution is 0.0224. The van der Waals surface area contributed by atoms with Crippen LogP contribution < -0.4 is 9.47 Å². The van der Waals surface area contributed by atoms with Gasteiger partial charge in [0, 0.05) is 11.1 Å². The van der Waals surface area contributed by atoms with Crippen molar-refractivity contribution in [2.45, 2.75) is 54.1 Å². The molecule has 0 N–H and O–H groups in total. The standard InChI is InChI=1S/C16H19NO2.C2H6/c1-9-6-11(3)17-13-12(9)7-10(2)14-15(13)19-16(4,5)8-18-14;1-2/h6-7H,8H2,1-5H3;1-2H3. The zero-order valence-corrected chi connectivity index (χ0v) is 14.1. The molecular formula is C18H25NO2. The van der Waals surface area contributed by atoms with Crippen LogP contribution in [0, 0.1) is 20.8 Å². The molecular weight excluding hydrogens is 262 g/mol. The Kier molecular flexibility index (Phi) is 4.13. The molecule has 0 fully saturated rings. The van der Waals surface area contributed by atoms with Crippen LogP contribution in [0.2, 0.25) is 0 Å². The molecule has 21 heavy (non-hydrogen) atoms. The third-order valence-corrected chi connectivity index (χ3v) is 3.48. The molecule has 0 aliphatic carbocycles. The molecule has 3 rings (SSSR count). The number of nitrogens with zero attached hydrogens (tertiary/aromatic N) is 1. The summed E-state index contributed by atoms with van der Waals surface area (Å²) in [4.78, 5) is 4.65. The molecule has 2 aromatic rings. The molecule has 0 radical (unpaired) electrons. The van der Waals surface area contributed by atoms with E-state index in [0.29, 0.717) is 6.61 Å². The molecule has 0 saturated heterocycles. The average Bonchev–Trinajstić information content (AvgIpc) is 2.41. The Balaban J connectivity index is 0.000000774. The van der Waals surface area contributed by atoms with Crippen molar-refractivity contribution in [3.05, 3.63) is 29.0 Å². The SMILES string of the molecule is CC.Cc1cc(C)c2cc(C)c3c(c2n1)OC(C)(C)CO3. The normalized spacial score (nSPS) is 15.4. The van der Waals surface area contributed by atoms with Crippen LogP contribution in [0.1, 0.15) is 44.5 Å². The summed E-state index contributed by atoms with van der Waals surface area (Å²) in [5.41, 5.74) is 3.92. The summed E-state index contributed by atoms with van der Waals surface area (Å²) >= 11 is 0. The van der Waals surface area contributed by atoms with Gasteiger partial charge in [-0.15, -0.1) is 0 Å². The second kappa shape index (κ2) is 5.55. The predicted molar refractivity (Wildman–Crippen MR) is 87.5 cm³/mol. The minimum atomic E-state index is -0.312. The van der Waals surface area contributed by atoms with Gasteiger partial charge in [-0.1, -0.05) is 13.8 Å². The summed E-state index contributed by atoms with van der Waals surface area (Å²) in [6.07, 6.45) is 0. The van der Waals surface area contributed by atoms with Gasteiger partial charge < -0.3 is 9.47 Å². The number of pyridine rings is 1. The van der Waals surface area contributed by atoms with Crippen LogP contribution in [0.15, 0.2) is 12.1 Å². The minimum absolute atomic E-state index is 0.312. The fraction of sp³-hybridized carbons (Fsp3) is 0.500. The molecule has 3 heteroatoms. The van der Waals surface area contributed by atoms with Crippen molar-refractivity contribution in [2.75, 3.05) is 6.61 Å². The molecule has 1 aromatic heterocycles. The lowest BCUT2D eigenvalue weighted by atomic mass is 10.0. The molecule has 0 unspecified atom stereocenters. The average molecular weight is 287 g/mol. The maximum atomic E-state index is 6.14. The highest BCUT2D eigenvalue weighted by atomic mass is 16.6. The summed E-state index contributed by atoms with van der Waals surface area (Å²) in [5.74, 6) is 1.63. The van der Waals surface area contributed by atoms with Gasteiger partial charge in [0.2, 0.25) is 0 Å². The first kappa shape index (κ1) is 15.6. The monoisotopic (exact) mass is 287 g/mol. The van der Waals surface area contributed by atoms with Gasteiger partial charge in [-0.05, 0) is 57.9 Å². The second-order valence-corrected chi connectivity index (χ2v) is 5.98. The van der Waals surface area contributed by atoms with Gasteiger partial charge >= 0.3 is 0 Å². The van der Waals surface area contributed by atoms with Crippen molar-refractivity contribution in [3.8, 4) is 11.5 Å². The van der Waals surface area contributed by atoms with E-state index in [1.165, 1.54) is 5.56 Å². The Bertz CT molecular complexity index is 675. The van der Waals surface area contributed by atoms with Crippen LogP contribution in [0.5, 0.6) is 11.5 Å². The third kappa shape index (κ3) is 2.82. The van der Waals surface area contributed by atoms with Gasteiger partial charge in [-0.3, -0.25) is 0 Å². The summed E-state index contributed by atoms with van der Waals surface area (Å²) in [6.45, 7) is 14.8. The van der Waals surface area contributed by atoms with E-state index in [1.54, 1.807) is 0 Å². The van der Waals surface area contributed by atoms with Crippen molar-refractivity contribution in [2.24, 2.45) is 0 Å². The van der Waals surface area contributed by atoms with E-state index in [0.717, 1.165) is 33.7 Å². The number of aryl methyl sites for hydroxylation is 3. The summed E-state index contributed by atoms with van der Waals surface area (Å²) in [5, 5.41) is 1.14. The highest BCUT2D eigenvalue weighted by Crippen LogP contribution is 2.43. The molecule has 1 aliphatic heterocycles. The molecule has 1 aliphatic rings. The highest BCUT2D eigenvalue weighted by molar-refractivity contribution is 5.91. The molecule has 0 atom stereocenters. The number of ether oxygens (including phenoxy) is 2. The Labute approximate surface area is 127 Å². The largest absolute Gasteiger partial charge is 0.485 e. The number of fused-ring (bicyclic) bond motifs is 3. The lowest BCUT2D eigenvalue weighted by Gasteiger charge is -2.33. The van der Waals surface area contributed by atoms with Crippen LogP contribution in [0.25, 0.3) is 10.9 Å². The number of rotatable bonds is 0. The van der Waals surface area contributed by atoms with Gasteiger partial charge in [0.1, 0.15) is 17.7 Å². The highest BCUT2D eigenvalue weighted by Gasteiger charge is 2.31. The Morgan fingerprint density at radius 2 is 1.67 bits per heavy atom. The molecule has 2 heterocycles. The number of hydrogen-bond donors (Lipinski definition) is 0. The van der Waals surface area contributed by atoms with Crippen molar-refractivity contribution in [1.29, 1.82) is 0 Å². The van der Waals surface area contributed by atoms with Gasteiger partial charge in [0.15, 0.2) is 11.5 Å². The van der Waals surface area contributed by atoms with E-state index in [2.05, 4.69) is 31.0 Å². The predicted octanol–water partition coefficient (Wildman–Crippen LogP) is 4.74. The molecule has 0 amide bonds. The van der Waals surface area contributed by atoms with Gasteiger partial charge in [0.05, 0.1) is 0 Å². The molecule has 0 bridgehead atoms. The Morgan fingerprint density at radius 1 is 1.00 bits per heavy atom. The molecule has 114 valence electrons. The zero-order valence-electron chi connectivity index (χ0n) is 14.1. The molecule has 1 aromatic carbocycles. The summed E-state index contributed by atoms with van der Waals surface area (Å²) < 4.78 is 12.0. The van der Waals surface area contributed by atoms with Crippen LogP contribution in [-0.4, -0.2) is 17.2 Å². The third-order valence-electron chi connectivity index (χ3n) is 3.48. The first-order valence-electron chi connectivity index (χ1n) is 7.61. The van der Waals surface area contributed by atoms with E-state index in [9.17, 15) is 0 Å². The molecule has 0 saturated carbocycles. The van der Waals surface area contributed by atoms with Crippen molar-refractivity contribution >= 4 is 10.9 Å². The lowest BCUT2D eigenvalue weighted by Crippen LogP contribution is -2.39. The maximum absolute atomic E-state index is 6.14. The minimum Gasteiger partial charge on any atom is -0.485 e. The van der Waals surface area contributed by atoms with Crippen molar-refractivity contribution < 1.29 is 9.47 Å². The first-order valence-corrected chi connectivity index (χ1v) is 7.61. The smallest absolute Gasteiger partial charge is 0.188 e. The number of aromatic nitrogens is 1. The molecule has 0 spiro atoms. The Morgan fingerprint density at radius 3 is 2.33 bits per heavy atom. The zero-order chi connectivity index (χ0) is 15.8. The van der Waals surface area contributed by atoms with E-state index in [1.807, 2.05) is 34.6 Å².